The second kappa shape index (κ2) is 3.78. The zero-order chi connectivity index (χ0) is 9.97. The average Bonchev–Trinajstić information content (AvgIpc) is 2.18. The number of fused-ring (bicyclic) bond motifs is 1. The first-order valence-corrected chi connectivity index (χ1v) is 5.08. The van der Waals surface area contributed by atoms with Crippen molar-refractivity contribution in [2.24, 2.45) is 0 Å². The molecule has 2 rings (SSSR count). The Kier molecular flexibility index (Phi) is 2.48. The van der Waals surface area contributed by atoms with Crippen molar-refractivity contribution in [2.45, 2.75) is 20.0 Å². The van der Waals surface area contributed by atoms with E-state index in [1.54, 1.807) is 0 Å². The molecule has 0 saturated heterocycles. The summed E-state index contributed by atoms with van der Waals surface area (Å²) in [6.45, 7) is 5.95. The van der Waals surface area contributed by atoms with Crippen molar-refractivity contribution in [2.75, 3.05) is 23.7 Å². The van der Waals surface area contributed by atoms with Crippen LogP contribution in [-0.4, -0.2) is 19.2 Å². The van der Waals surface area contributed by atoms with Crippen LogP contribution in [0.1, 0.15) is 13.8 Å². The number of hydrogen-bond donors (Lipinski definition) is 2. The smallest absolute Gasteiger partial charge is 0.145 e. The first kappa shape index (κ1) is 9.19. The number of benzene rings is 1. The molecule has 1 aliphatic rings. The van der Waals surface area contributed by atoms with Crippen LogP contribution in [0.5, 0.6) is 5.75 Å². The van der Waals surface area contributed by atoms with Crippen LogP contribution in [0.3, 0.4) is 0 Å². The molecule has 0 radical (unpaired) electrons. The zero-order valence-electron chi connectivity index (χ0n) is 8.63. The number of anilines is 2. The van der Waals surface area contributed by atoms with Crippen LogP contribution >= 0.6 is 0 Å². The summed E-state index contributed by atoms with van der Waals surface area (Å²) in [4.78, 5) is 0. The highest BCUT2D eigenvalue weighted by Gasteiger charge is 2.17. The summed E-state index contributed by atoms with van der Waals surface area (Å²) in [6.07, 6.45) is 0.249. The van der Waals surface area contributed by atoms with Gasteiger partial charge >= 0.3 is 0 Å². The summed E-state index contributed by atoms with van der Waals surface area (Å²) in [7, 11) is 0. The third-order valence-electron chi connectivity index (χ3n) is 2.29. The zero-order valence-corrected chi connectivity index (χ0v) is 8.63. The van der Waals surface area contributed by atoms with E-state index in [4.69, 9.17) is 4.74 Å². The van der Waals surface area contributed by atoms with Gasteiger partial charge in [-0.3, -0.25) is 0 Å². The fraction of sp³-hybridized carbons (Fsp3) is 0.455. The third kappa shape index (κ3) is 1.62. The molecule has 0 spiro atoms. The molecule has 0 aliphatic carbocycles. The number of rotatable bonds is 2. The van der Waals surface area contributed by atoms with Crippen LogP contribution in [0.25, 0.3) is 0 Å². The molecule has 2 N–H and O–H groups in total. The first-order valence-electron chi connectivity index (χ1n) is 5.08. The predicted octanol–water partition coefficient (Wildman–Crippen LogP) is 2.31. The first-order chi connectivity index (χ1) is 6.81. The third-order valence-corrected chi connectivity index (χ3v) is 2.29. The molecule has 0 aromatic heterocycles. The minimum atomic E-state index is 0.249. The van der Waals surface area contributed by atoms with Crippen LogP contribution in [0.4, 0.5) is 11.4 Å². The van der Waals surface area contributed by atoms with Crippen LogP contribution in [0, 0.1) is 0 Å². The maximum Gasteiger partial charge on any atom is 0.145 e. The highest BCUT2D eigenvalue weighted by atomic mass is 16.5. The van der Waals surface area contributed by atoms with Crippen molar-refractivity contribution in [1.82, 2.24) is 0 Å². The molecule has 1 atom stereocenters. The Morgan fingerprint density at radius 1 is 1.57 bits per heavy atom. The molecule has 1 aromatic rings. The van der Waals surface area contributed by atoms with Gasteiger partial charge in [-0.05, 0) is 26.0 Å². The predicted molar refractivity (Wildman–Crippen MR) is 59.2 cm³/mol. The lowest BCUT2D eigenvalue weighted by atomic mass is 10.2. The van der Waals surface area contributed by atoms with Crippen LogP contribution < -0.4 is 15.4 Å². The summed E-state index contributed by atoms with van der Waals surface area (Å²) in [5.74, 6) is 0.946. The van der Waals surface area contributed by atoms with Gasteiger partial charge in [-0.1, -0.05) is 6.07 Å². The molecule has 1 unspecified atom stereocenters. The van der Waals surface area contributed by atoms with Crippen molar-refractivity contribution in [3.8, 4) is 5.75 Å². The Bertz CT molecular complexity index is 311. The highest BCUT2D eigenvalue weighted by Crippen LogP contribution is 2.35. The lowest BCUT2D eigenvalue weighted by Gasteiger charge is -2.26. The Balaban J connectivity index is 2.31. The summed E-state index contributed by atoms with van der Waals surface area (Å²) < 4.78 is 5.72. The van der Waals surface area contributed by atoms with Gasteiger partial charge in [0.15, 0.2) is 0 Å². The lowest BCUT2D eigenvalue weighted by molar-refractivity contribution is 0.226. The fourth-order valence-corrected chi connectivity index (χ4v) is 1.65. The monoisotopic (exact) mass is 192 g/mol. The number of hydrogen-bond acceptors (Lipinski definition) is 3. The molecular weight excluding hydrogens is 176 g/mol. The normalized spacial score (nSPS) is 19.1. The molecule has 0 bridgehead atoms. The highest BCUT2D eigenvalue weighted by molar-refractivity contribution is 5.76. The van der Waals surface area contributed by atoms with Gasteiger partial charge in [-0.15, -0.1) is 0 Å². The van der Waals surface area contributed by atoms with Gasteiger partial charge in [-0.25, -0.2) is 0 Å². The largest absolute Gasteiger partial charge is 0.487 e. The molecule has 0 saturated carbocycles. The second-order valence-electron chi connectivity index (χ2n) is 3.52. The Morgan fingerprint density at radius 3 is 3.21 bits per heavy atom. The van der Waals surface area contributed by atoms with E-state index in [-0.39, 0.29) is 6.10 Å². The molecule has 1 aromatic carbocycles. The van der Waals surface area contributed by atoms with E-state index in [9.17, 15) is 0 Å². The quantitative estimate of drug-likeness (QED) is 0.754. The van der Waals surface area contributed by atoms with Crippen molar-refractivity contribution < 1.29 is 4.74 Å². The molecule has 14 heavy (non-hydrogen) atoms. The van der Waals surface area contributed by atoms with E-state index in [0.717, 1.165) is 30.2 Å². The molecule has 3 heteroatoms. The Labute approximate surface area is 84.5 Å². The summed E-state index contributed by atoms with van der Waals surface area (Å²) in [5.41, 5.74) is 2.21. The Hall–Kier alpha value is -1.38. The standard InChI is InChI=1S/C11H16N2O/c1-3-12-9-5-4-6-10-11(9)13-7-8(2)14-10/h4-6,8,12-13H,3,7H2,1-2H3. The summed E-state index contributed by atoms with van der Waals surface area (Å²) in [6, 6.07) is 6.07. The van der Waals surface area contributed by atoms with E-state index >= 15 is 0 Å². The fourth-order valence-electron chi connectivity index (χ4n) is 1.65. The molecule has 1 heterocycles. The van der Waals surface area contributed by atoms with Gasteiger partial charge in [0.2, 0.25) is 0 Å². The molecule has 0 amide bonds. The second-order valence-corrected chi connectivity index (χ2v) is 3.52. The summed E-state index contributed by atoms with van der Waals surface area (Å²) >= 11 is 0. The molecule has 76 valence electrons. The van der Waals surface area contributed by atoms with E-state index < -0.39 is 0 Å². The molecular formula is C11H16N2O. The van der Waals surface area contributed by atoms with Gasteiger partial charge in [0.25, 0.3) is 0 Å². The maximum absolute atomic E-state index is 5.72. The van der Waals surface area contributed by atoms with Crippen molar-refractivity contribution >= 4 is 11.4 Å². The van der Waals surface area contributed by atoms with Crippen LogP contribution in [-0.2, 0) is 0 Å². The minimum Gasteiger partial charge on any atom is -0.487 e. The molecule has 3 nitrogen and oxygen atoms in total. The van der Waals surface area contributed by atoms with E-state index in [0.29, 0.717) is 0 Å². The van der Waals surface area contributed by atoms with Crippen molar-refractivity contribution in [3.63, 3.8) is 0 Å². The van der Waals surface area contributed by atoms with Crippen molar-refractivity contribution in [1.29, 1.82) is 0 Å². The van der Waals surface area contributed by atoms with E-state index in [1.807, 2.05) is 12.1 Å². The maximum atomic E-state index is 5.72. The number of para-hydroxylation sites is 1. The Morgan fingerprint density at radius 2 is 2.43 bits per heavy atom. The van der Waals surface area contributed by atoms with Gasteiger partial charge in [0, 0.05) is 6.54 Å². The van der Waals surface area contributed by atoms with Gasteiger partial charge in [0.1, 0.15) is 17.5 Å². The van der Waals surface area contributed by atoms with E-state index in [1.165, 1.54) is 0 Å². The average molecular weight is 192 g/mol. The number of ether oxygens (including phenoxy) is 1. The van der Waals surface area contributed by atoms with Gasteiger partial charge in [0.05, 0.1) is 12.2 Å². The molecule has 1 aliphatic heterocycles. The van der Waals surface area contributed by atoms with Gasteiger partial charge < -0.3 is 15.4 Å². The number of nitrogens with one attached hydrogen (secondary N) is 2. The van der Waals surface area contributed by atoms with Gasteiger partial charge in [-0.2, -0.15) is 0 Å². The van der Waals surface area contributed by atoms with Crippen molar-refractivity contribution in [3.05, 3.63) is 18.2 Å². The minimum absolute atomic E-state index is 0.249. The molecule has 0 fully saturated rings. The topological polar surface area (TPSA) is 33.3 Å². The summed E-state index contributed by atoms with van der Waals surface area (Å²) in [5, 5.41) is 6.69. The van der Waals surface area contributed by atoms with E-state index in [2.05, 4.69) is 30.5 Å². The SMILES string of the molecule is CCNc1cccc2c1NCC(C)O2. The lowest BCUT2D eigenvalue weighted by Crippen LogP contribution is -2.28. The van der Waals surface area contributed by atoms with Crippen LogP contribution in [0.2, 0.25) is 0 Å². The van der Waals surface area contributed by atoms with Crippen LogP contribution in [0.15, 0.2) is 18.2 Å².